The predicted molar refractivity (Wildman–Crippen MR) is 108 cm³/mol. The van der Waals surface area contributed by atoms with Crippen LogP contribution in [0.15, 0.2) is 29.3 Å². The molecule has 27 heavy (non-hydrogen) atoms. The third-order valence-corrected chi connectivity index (χ3v) is 5.52. The minimum Gasteiger partial charge on any atom is -0.381 e. The molecule has 2 heterocycles. The van der Waals surface area contributed by atoms with E-state index in [4.69, 9.17) is 4.74 Å². The van der Waals surface area contributed by atoms with Crippen molar-refractivity contribution in [2.45, 2.75) is 38.1 Å². The van der Waals surface area contributed by atoms with Crippen molar-refractivity contribution in [1.82, 2.24) is 15.5 Å². The molecule has 0 spiro atoms. The van der Waals surface area contributed by atoms with Gasteiger partial charge in [-0.25, -0.2) is 4.39 Å². The molecule has 3 rings (SSSR count). The van der Waals surface area contributed by atoms with Crippen LogP contribution in [0, 0.1) is 11.7 Å². The molecule has 2 fully saturated rings. The molecule has 1 aromatic rings. The number of aliphatic imine (C=N–C) groups is 1. The summed E-state index contributed by atoms with van der Waals surface area (Å²) < 4.78 is 18.7. The molecule has 0 aliphatic carbocycles. The highest BCUT2D eigenvalue weighted by atomic mass is 19.1. The van der Waals surface area contributed by atoms with Crippen molar-refractivity contribution in [3.8, 4) is 0 Å². The third kappa shape index (κ3) is 6.78. The molecule has 0 bridgehead atoms. The highest BCUT2D eigenvalue weighted by Crippen LogP contribution is 2.17. The molecule has 1 aromatic carbocycles. The smallest absolute Gasteiger partial charge is 0.191 e. The average molecular weight is 377 g/mol. The van der Waals surface area contributed by atoms with Crippen LogP contribution in [0.1, 0.15) is 31.2 Å². The van der Waals surface area contributed by atoms with Crippen molar-refractivity contribution in [1.29, 1.82) is 0 Å². The first-order valence-electron chi connectivity index (χ1n) is 10.2. The van der Waals surface area contributed by atoms with Gasteiger partial charge in [0.1, 0.15) is 5.82 Å². The molecular weight excluding hydrogens is 343 g/mol. The maximum Gasteiger partial charge on any atom is 0.191 e. The van der Waals surface area contributed by atoms with Gasteiger partial charge in [-0.3, -0.25) is 4.99 Å². The molecule has 5 nitrogen and oxygen atoms in total. The maximum absolute atomic E-state index is 13.2. The summed E-state index contributed by atoms with van der Waals surface area (Å²) in [4.78, 5) is 6.92. The summed E-state index contributed by atoms with van der Waals surface area (Å²) >= 11 is 0. The Hall–Kier alpha value is -1.66. The van der Waals surface area contributed by atoms with Gasteiger partial charge in [-0.05, 0) is 55.7 Å². The first kappa shape index (κ1) is 20.1. The molecule has 150 valence electrons. The fourth-order valence-electron chi connectivity index (χ4n) is 3.93. The Kier molecular flexibility index (Phi) is 7.90. The van der Waals surface area contributed by atoms with Crippen molar-refractivity contribution in [3.63, 3.8) is 0 Å². The molecule has 2 aliphatic heterocycles. The molecule has 1 unspecified atom stereocenters. The SMILES string of the molecule is CN=C(NCCCc1cccc(F)c1)NC1CCN(CC2CCOC2)CC1. The fourth-order valence-corrected chi connectivity index (χ4v) is 3.93. The van der Waals surface area contributed by atoms with E-state index < -0.39 is 0 Å². The molecule has 0 aromatic heterocycles. The third-order valence-electron chi connectivity index (χ3n) is 5.52. The van der Waals surface area contributed by atoms with Crippen LogP contribution in [0.3, 0.4) is 0 Å². The summed E-state index contributed by atoms with van der Waals surface area (Å²) in [6, 6.07) is 7.32. The highest BCUT2D eigenvalue weighted by Gasteiger charge is 2.24. The second-order valence-electron chi connectivity index (χ2n) is 7.68. The number of nitrogens with zero attached hydrogens (tertiary/aromatic N) is 2. The van der Waals surface area contributed by atoms with Crippen molar-refractivity contribution in [3.05, 3.63) is 35.6 Å². The van der Waals surface area contributed by atoms with Crippen LogP contribution in [0.25, 0.3) is 0 Å². The minimum absolute atomic E-state index is 0.162. The van der Waals surface area contributed by atoms with E-state index in [1.54, 1.807) is 12.1 Å². The molecule has 2 aliphatic rings. The Bertz CT molecular complexity index is 596. The van der Waals surface area contributed by atoms with Gasteiger partial charge in [0.15, 0.2) is 5.96 Å². The average Bonchev–Trinajstić information content (AvgIpc) is 3.19. The van der Waals surface area contributed by atoms with Crippen molar-refractivity contribution < 1.29 is 9.13 Å². The summed E-state index contributed by atoms with van der Waals surface area (Å²) in [5.41, 5.74) is 1.04. The van der Waals surface area contributed by atoms with Crippen molar-refractivity contribution in [2.75, 3.05) is 46.4 Å². The lowest BCUT2D eigenvalue weighted by Crippen LogP contribution is -2.49. The number of guanidine groups is 1. The summed E-state index contributed by atoms with van der Waals surface area (Å²) in [7, 11) is 1.82. The lowest BCUT2D eigenvalue weighted by Gasteiger charge is -2.34. The van der Waals surface area contributed by atoms with E-state index in [1.807, 2.05) is 13.1 Å². The van der Waals surface area contributed by atoms with Crippen LogP contribution in [-0.2, 0) is 11.2 Å². The Balaban J connectivity index is 1.31. The van der Waals surface area contributed by atoms with E-state index in [0.717, 1.165) is 76.0 Å². The molecule has 2 N–H and O–H groups in total. The van der Waals surface area contributed by atoms with E-state index in [0.29, 0.717) is 6.04 Å². The zero-order valence-electron chi connectivity index (χ0n) is 16.4. The number of halogens is 1. The van der Waals surface area contributed by atoms with Crippen molar-refractivity contribution in [2.24, 2.45) is 10.9 Å². The van der Waals surface area contributed by atoms with E-state index in [9.17, 15) is 4.39 Å². The number of piperidine rings is 1. The van der Waals surface area contributed by atoms with Gasteiger partial charge >= 0.3 is 0 Å². The summed E-state index contributed by atoms with van der Waals surface area (Å²) in [5, 5.41) is 6.94. The Morgan fingerprint density at radius 2 is 2.15 bits per heavy atom. The first-order valence-corrected chi connectivity index (χ1v) is 10.2. The Morgan fingerprint density at radius 1 is 1.30 bits per heavy atom. The lowest BCUT2D eigenvalue weighted by molar-refractivity contribution is 0.150. The number of hydrogen-bond acceptors (Lipinski definition) is 3. The van der Waals surface area contributed by atoms with Crippen LogP contribution in [0.2, 0.25) is 0 Å². The van der Waals surface area contributed by atoms with Gasteiger partial charge in [0.05, 0.1) is 6.61 Å². The minimum atomic E-state index is -0.162. The second-order valence-corrected chi connectivity index (χ2v) is 7.68. The molecule has 6 heteroatoms. The van der Waals surface area contributed by atoms with E-state index in [1.165, 1.54) is 19.0 Å². The van der Waals surface area contributed by atoms with Crippen LogP contribution >= 0.6 is 0 Å². The molecule has 0 radical (unpaired) electrons. The standard InChI is InChI=1S/C21H33FN4O/c1-23-21(24-10-3-5-17-4-2-6-19(22)14-17)25-20-7-11-26(12-8-20)15-18-9-13-27-16-18/h2,4,6,14,18,20H,3,5,7-13,15-16H2,1H3,(H2,23,24,25). The number of rotatable bonds is 7. The lowest BCUT2D eigenvalue weighted by atomic mass is 10.0. The number of hydrogen-bond donors (Lipinski definition) is 2. The van der Waals surface area contributed by atoms with Gasteiger partial charge in [-0.15, -0.1) is 0 Å². The monoisotopic (exact) mass is 376 g/mol. The van der Waals surface area contributed by atoms with E-state index >= 15 is 0 Å². The van der Waals surface area contributed by atoms with Gasteiger partial charge in [-0.1, -0.05) is 12.1 Å². The number of likely N-dealkylation sites (tertiary alicyclic amines) is 1. The number of ether oxygens (including phenoxy) is 1. The van der Waals surface area contributed by atoms with Crippen molar-refractivity contribution >= 4 is 5.96 Å². The molecule has 0 saturated carbocycles. The van der Waals surface area contributed by atoms with Gasteiger partial charge < -0.3 is 20.3 Å². The normalized spacial score (nSPS) is 22.1. The highest BCUT2D eigenvalue weighted by molar-refractivity contribution is 5.79. The summed E-state index contributed by atoms with van der Waals surface area (Å²) in [5.74, 6) is 1.43. The maximum atomic E-state index is 13.2. The topological polar surface area (TPSA) is 48.9 Å². The summed E-state index contributed by atoms with van der Waals surface area (Å²) in [6.45, 7) is 6.17. The Labute approximate surface area is 162 Å². The first-order chi connectivity index (χ1) is 13.2. The molecule has 2 saturated heterocycles. The van der Waals surface area contributed by atoms with Gasteiger partial charge in [0.2, 0.25) is 0 Å². The fraction of sp³-hybridized carbons (Fsp3) is 0.667. The van der Waals surface area contributed by atoms with Crippen LogP contribution in [-0.4, -0.2) is 63.3 Å². The van der Waals surface area contributed by atoms with Crippen LogP contribution in [0.4, 0.5) is 4.39 Å². The molecule has 0 amide bonds. The van der Waals surface area contributed by atoms with Gasteiger partial charge in [0.25, 0.3) is 0 Å². The van der Waals surface area contributed by atoms with E-state index in [2.05, 4.69) is 20.5 Å². The number of nitrogens with one attached hydrogen (secondary N) is 2. The van der Waals surface area contributed by atoms with Crippen LogP contribution < -0.4 is 10.6 Å². The van der Waals surface area contributed by atoms with E-state index in [-0.39, 0.29) is 5.82 Å². The molecule has 1 atom stereocenters. The largest absolute Gasteiger partial charge is 0.381 e. The van der Waals surface area contributed by atoms with Gasteiger partial charge in [-0.2, -0.15) is 0 Å². The zero-order valence-corrected chi connectivity index (χ0v) is 16.4. The zero-order chi connectivity index (χ0) is 18.9. The number of benzene rings is 1. The molecular formula is C21H33FN4O. The number of aryl methyl sites for hydroxylation is 1. The van der Waals surface area contributed by atoms with Crippen LogP contribution in [0.5, 0.6) is 0 Å². The Morgan fingerprint density at radius 3 is 2.85 bits per heavy atom. The predicted octanol–water partition coefficient (Wildman–Crippen LogP) is 2.42. The van der Waals surface area contributed by atoms with Gasteiger partial charge in [0, 0.05) is 45.9 Å². The quantitative estimate of drug-likeness (QED) is 0.436. The summed E-state index contributed by atoms with van der Waals surface area (Å²) in [6.07, 6.45) is 5.33. The second kappa shape index (κ2) is 10.6.